The normalized spacial score (nSPS) is 14.4. The zero-order valence-electron chi connectivity index (χ0n) is 11.6. The van der Waals surface area contributed by atoms with E-state index >= 15 is 0 Å². The van der Waals surface area contributed by atoms with E-state index < -0.39 is 11.5 Å². The molecule has 0 aliphatic rings. The number of nitrogens with zero attached hydrogens (tertiary/aromatic N) is 1. The van der Waals surface area contributed by atoms with Gasteiger partial charge in [0.15, 0.2) is 5.60 Å². The third kappa shape index (κ3) is 3.11. The Balaban J connectivity index is 2.60. The molecule has 2 aromatic rings. The number of rotatable bonds is 4. The first-order valence-corrected chi connectivity index (χ1v) is 7.27. The first-order valence-electron chi connectivity index (χ1n) is 6.52. The van der Waals surface area contributed by atoms with Gasteiger partial charge in [-0.1, -0.05) is 41.3 Å². The van der Waals surface area contributed by atoms with E-state index in [9.17, 15) is 5.11 Å². The molecular formula is C18H13Cl2NO. The first kappa shape index (κ1) is 16.4. The molecule has 0 amide bonds. The molecule has 0 fully saturated rings. The fraction of sp³-hybridized carbons (Fsp3) is 0.167. The molecule has 110 valence electrons. The third-order valence-electron chi connectivity index (χ3n) is 3.49. The van der Waals surface area contributed by atoms with Gasteiger partial charge in [-0.05, 0) is 23.8 Å². The maximum Gasteiger partial charge on any atom is 0.159 e. The molecule has 1 heterocycles. The summed E-state index contributed by atoms with van der Waals surface area (Å²) in [6, 6.07) is 8.42. The van der Waals surface area contributed by atoms with Crippen LogP contribution in [0.3, 0.4) is 0 Å². The van der Waals surface area contributed by atoms with Crippen LogP contribution in [0.15, 0.2) is 42.7 Å². The SMILES string of the molecule is C#CCC(c1ccc(Cl)cc1Cl)C(O)(C#C)c1cccnc1. The smallest absolute Gasteiger partial charge is 0.159 e. The number of hydrogen-bond acceptors (Lipinski definition) is 2. The van der Waals surface area contributed by atoms with Crippen molar-refractivity contribution in [1.82, 2.24) is 4.98 Å². The fourth-order valence-electron chi connectivity index (χ4n) is 2.36. The summed E-state index contributed by atoms with van der Waals surface area (Å²) in [5.74, 6) is 4.43. The second kappa shape index (κ2) is 6.86. The zero-order valence-corrected chi connectivity index (χ0v) is 13.1. The highest BCUT2D eigenvalue weighted by Gasteiger charge is 2.38. The van der Waals surface area contributed by atoms with Gasteiger partial charge < -0.3 is 5.11 Å². The number of benzene rings is 1. The molecule has 0 radical (unpaired) electrons. The van der Waals surface area contributed by atoms with Gasteiger partial charge in [0.25, 0.3) is 0 Å². The van der Waals surface area contributed by atoms with Crippen LogP contribution in [0.1, 0.15) is 23.5 Å². The van der Waals surface area contributed by atoms with Gasteiger partial charge in [-0.2, -0.15) is 0 Å². The molecule has 0 saturated heterocycles. The molecule has 2 rings (SSSR count). The second-order valence-electron chi connectivity index (χ2n) is 4.78. The van der Waals surface area contributed by atoms with Crippen LogP contribution in [0.4, 0.5) is 0 Å². The van der Waals surface area contributed by atoms with E-state index in [1.54, 1.807) is 36.5 Å². The molecular weight excluding hydrogens is 317 g/mol. The fourth-order valence-corrected chi connectivity index (χ4v) is 2.90. The van der Waals surface area contributed by atoms with Crippen molar-refractivity contribution in [2.24, 2.45) is 0 Å². The van der Waals surface area contributed by atoms with Crippen LogP contribution in [-0.4, -0.2) is 10.1 Å². The monoisotopic (exact) mass is 329 g/mol. The van der Waals surface area contributed by atoms with E-state index in [0.717, 1.165) is 0 Å². The summed E-state index contributed by atoms with van der Waals surface area (Å²) in [6.45, 7) is 0. The van der Waals surface area contributed by atoms with E-state index in [4.69, 9.17) is 36.0 Å². The summed E-state index contributed by atoms with van der Waals surface area (Å²) in [7, 11) is 0. The maximum atomic E-state index is 11.1. The Morgan fingerprint density at radius 2 is 2.05 bits per heavy atom. The largest absolute Gasteiger partial charge is 0.373 e. The Bertz CT molecular complexity index is 746. The van der Waals surface area contributed by atoms with Gasteiger partial charge in [0.1, 0.15) is 0 Å². The van der Waals surface area contributed by atoms with E-state index in [1.807, 2.05) is 0 Å². The number of pyridine rings is 1. The van der Waals surface area contributed by atoms with Gasteiger partial charge in [-0.3, -0.25) is 4.98 Å². The van der Waals surface area contributed by atoms with Gasteiger partial charge >= 0.3 is 0 Å². The van der Waals surface area contributed by atoms with Crippen molar-refractivity contribution in [2.45, 2.75) is 17.9 Å². The van der Waals surface area contributed by atoms with Gasteiger partial charge in [0, 0.05) is 40.3 Å². The topological polar surface area (TPSA) is 33.1 Å². The molecule has 2 nitrogen and oxygen atoms in total. The van der Waals surface area contributed by atoms with E-state index in [0.29, 0.717) is 21.2 Å². The molecule has 0 spiro atoms. The van der Waals surface area contributed by atoms with Crippen LogP contribution in [-0.2, 0) is 5.60 Å². The lowest BCUT2D eigenvalue weighted by Crippen LogP contribution is -2.32. The number of aliphatic hydroxyl groups is 1. The average molecular weight is 330 g/mol. The molecule has 0 saturated carbocycles. The molecule has 0 aliphatic heterocycles. The van der Waals surface area contributed by atoms with Crippen LogP contribution < -0.4 is 0 Å². The van der Waals surface area contributed by atoms with Crippen LogP contribution in [0.25, 0.3) is 0 Å². The molecule has 0 aliphatic carbocycles. The lowest BCUT2D eigenvalue weighted by molar-refractivity contribution is 0.0694. The van der Waals surface area contributed by atoms with Gasteiger partial charge in [0.05, 0.1) is 0 Å². The third-order valence-corrected chi connectivity index (χ3v) is 4.05. The second-order valence-corrected chi connectivity index (χ2v) is 5.62. The maximum absolute atomic E-state index is 11.1. The predicted octanol–water partition coefficient (Wildman–Crippen LogP) is 4.02. The standard InChI is InChI=1S/C18H13Cl2NO/c1-3-6-16(15-9-8-14(19)11-17(15)20)18(22,4-2)13-7-5-10-21-12-13/h1-2,5,7-12,16,22H,6H2. The van der Waals surface area contributed by atoms with Crippen LogP contribution in [0.2, 0.25) is 10.0 Å². The highest BCUT2D eigenvalue weighted by Crippen LogP contribution is 2.41. The minimum absolute atomic E-state index is 0.219. The Labute approximate surface area is 140 Å². The van der Waals surface area contributed by atoms with Crippen molar-refractivity contribution in [3.63, 3.8) is 0 Å². The van der Waals surface area contributed by atoms with E-state index in [-0.39, 0.29) is 6.42 Å². The summed E-state index contributed by atoms with van der Waals surface area (Å²) in [5, 5.41) is 12.0. The number of terminal acetylenes is 2. The first-order chi connectivity index (χ1) is 10.5. The molecule has 0 bridgehead atoms. The minimum Gasteiger partial charge on any atom is -0.373 e. The van der Waals surface area contributed by atoms with E-state index in [1.165, 1.54) is 6.20 Å². The molecule has 2 unspecified atom stereocenters. The molecule has 4 heteroatoms. The van der Waals surface area contributed by atoms with Gasteiger partial charge in [0.2, 0.25) is 0 Å². The van der Waals surface area contributed by atoms with Crippen molar-refractivity contribution in [2.75, 3.05) is 0 Å². The molecule has 1 aromatic heterocycles. The molecule has 1 N–H and O–H groups in total. The van der Waals surface area contributed by atoms with Crippen molar-refractivity contribution in [3.8, 4) is 24.7 Å². The lowest BCUT2D eigenvalue weighted by Gasteiger charge is -2.32. The zero-order chi connectivity index (χ0) is 16.2. The molecule has 1 aromatic carbocycles. The highest BCUT2D eigenvalue weighted by atomic mass is 35.5. The van der Waals surface area contributed by atoms with Crippen molar-refractivity contribution < 1.29 is 5.11 Å². The minimum atomic E-state index is -1.61. The lowest BCUT2D eigenvalue weighted by atomic mass is 9.76. The Hall–Kier alpha value is -1.97. The summed E-state index contributed by atoms with van der Waals surface area (Å²) in [6.07, 6.45) is 14.4. The van der Waals surface area contributed by atoms with Gasteiger partial charge in [-0.15, -0.1) is 18.8 Å². The van der Waals surface area contributed by atoms with Crippen molar-refractivity contribution in [1.29, 1.82) is 0 Å². The number of aromatic nitrogens is 1. The average Bonchev–Trinajstić information content (AvgIpc) is 2.53. The summed E-state index contributed by atoms with van der Waals surface area (Å²) in [4.78, 5) is 4.01. The van der Waals surface area contributed by atoms with Crippen LogP contribution >= 0.6 is 23.2 Å². The Morgan fingerprint density at radius 1 is 1.27 bits per heavy atom. The number of hydrogen-bond donors (Lipinski definition) is 1. The Morgan fingerprint density at radius 3 is 2.59 bits per heavy atom. The van der Waals surface area contributed by atoms with Crippen molar-refractivity contribution >= 4 is 23.2 Å². The summed E-state index contributed by atoms with van der Waals surface area (Å²) in [5.41, 5.74) is -0.477. The van der Waals surface area contributed by atoms with Crippen LogP contribution in [0, 0.1) is 24.7 Å². The quantitative estimate of drug-likeness (QED) is 0.859. The highest BCUT2D eigenvalue weighted by molar-refractivity contribution is 6.35. The molecule has 22 heavy (non-hydrogen) atoms. The summed E-state index contributed by atoms with van der Waals surface area (Å²) >= 11 is 12.2. The molecule has 2 atom stereocenters. The van der Waals surface area contributed by atoms with E-state index in [2.05, 4.69) is 16.8 Å². The Kier molecular flexibility index (Phi) is 5.11. The van der Waals surface area contributed by atoms with Gasteiger partial charge in [-0.25, -0.2) is 0 Å². The predicted molar refractivity (Wildman–Crippen MR) is 89.6 cm³/mol. The van der Waals surface area contributed by atoms with Crippen molar-refractivity contribution in [3.05, 3.63) is 63.9 Å². The summed E-state index contributed by atoms with van der Waals surface area (Å²) < 4.78 is 0. The van der Waals surface area contributed by atoms with Crippen LogP contribution in [0.5, 0.6) is 0 Å². The number of halogens is 2.